The van der Waals surface area contributed by atoms with Crippen LogP contribution in [-0.2, 0) is 9.59 Å². The number of nitrogens with zero attached hydrogens (tertiary/aromatic N) is 4. The molecule has 0 spiro atoms. The van der Waals surface area contributed by atoms with E-state index >= 15 is 0 Å². The number of nitrogens with two attached hydrogens (primary N) is 1. The highest BCUT2D eigenvalue weighted by atomic mass is 16.2. The van der Waals surface area contributed by atoms with E-state index in [1.807, 2.05) is 34.9 Å². The molecular weight excluding hydrogens is 432 g/mol. The van der Waals surface area contributed by atoms with Crippen molar-refractivity contribution in [2.75, 3.05) is 20.1 Å². The van der Waals surface area contributed by atoms with Gasteiger partial charge in [-0.2, -0.15) is 5.26 Å². The molecule has 0 aromatic heterocycles. The summed E-state index contributed by atoms with van der Waals surface area (Å²) in [5.74, 6) is -0.000394. The van der Waals surface area contributed by atoms with Gasteiger partial charge in [-0.3, -0.25) is 19.3 Å². The number of carbonyl (C=O) groups is 3. The number of hydrogen-bond acceptors (Lipinski definition) is 6. The van der Waals surface area contributed by atoms with Gasteiger partial charge in [-0.05, 0) is 56.2 Å². The molecule has 5 rings (SSSR count). The first-order valence-electron chi connectivity index (χ1n) is 12.2. The Morgan fingerprint density at radius 3 is 2.76 bits per heavy atom. The molecule has 7 atom stereocenters. The molecule has 3 N–H and O–H groups in total. The van der Waals surface area contributed by atoms with Crippen LogP contribution in [0.15, 0.2) is 24.3 Å². The number of rotatable bonds is 6. The molecule has 4 aliphatic rings. The minimum Gasteiger partial charge on any atom is -0.355 e. The molecule has 9 nitrogen and oxygen atoms in total. The van der Waals surface area contributed by atoms with Crippen molar-refractivity contribution < 1.29 is 14.4 Å². The van der Waals surface area contributed by atoms with E-state index in [0.717, 1.165) is 24.8 Å². The van der Waals surface area contributed by atoms with E-state index < -0.39 is 6.04 Å². The molecule has 1 aliphatic carbocycles. The Labute approximate surface area is 199 Å². The Kier molecular flexibility index (Phi) is 5.82. The summed E-state index contributed by atoms with van der Waals surface area (Å²) in [7, 11) is 1.60. The fraction of sp³-hybridized carbons (Fsp3) is 0.600. The smallest absolute Gasteiger partial charge is 0.251 e. The zero-order valence-electron chi connectivity index (χ0n) is 19.7. The van der Waals surface area contributed by atoms with Crippen molar-refractivity contribution in [3.05, 3.63) is 35.4 Å². The second-order valence-electron chi connectivity index (χ2n) is 10.1. The molecule has 3 amide bonds. The van der Waals surface area contributed by atoms with Crippen molar-refractivity contribution in [2.24, 2.45) is 11.7 Å². The van der Waals surface area contributed by atoms with E-state index in [4.69, 9.17) is 5.73 Å². The van der Waals surface area contributed by atoms with Crippen molar-refractivity contribution in [2.45, 2.75) is 68.9 Å². The predicted octanol–water partition coefficient (Wildman–Crippen LogP) is 0.623. The van der Waals surface area contributed by atoms with E-state index in [1.54, 1.807) is 18.0 Å². The van der Waals surface area contributed by atoms with Crippen molar-refractivity contribution >= 4 is 17.7 Å². The van der Waals surface area contributed by atoms with Crippen molar-refractivity contribution in [3.8, 4) is 6.07 Å². The number of hydrogen-bond donors (Lipinski definition) is 2. The number of likely N-dealkylation sites (tertiary alicyclic amines) is 3. The normalized spacial score (nSPS) is 31.6. The third kappa shape index (κ3) is 3.56. The van der Waals surface area contributed by atoms with Gasteiger partial charge in [0.15, 0.2) is 0 Å². The minimum atomic E-state index is -0.738. The Balaban J connectivity index is 1.24. The molecule has 0 radical (unpaired) electrons. The van der Waals surface area contributed by atoms with Crippen LogP contribution < -0.4 is 11.1 Å². The molecule has 3 aliphatic heterocycles. The topological polar surface area (TPSA) is 123 Å². The van der Waals surface area contributed by atoms with Crippen molar-refractivity contribution in [1.82, 2.24) is 20.0 Å². The van der Waals surface area contributed by atoms with E-state index in [-0.39, 0.29) is 53.8 Å². The van der Waals surface area contributed by atoms with E-state index in [9.17, 15) is 19.6 Å². The Morgan fingerprint density at radius 1 is 1.26 bits per heavy atom. The number of nitrogens with one attached hydrogen (secondary N) is 1. The molecule has 1 aromatic carbocycles. The second kappa shape index (κ2) is 8.67. The minimum absolute atomic E-state index is 0.0453. The number of carbonyl (C=O) groups excluding carboxylic acids is 3. The number of fused-ring (bicyclic) bond motifs is 4. The van der Waals surface area contributed by atoms with Crippen LogP contribution in [0.5, 0.6) is 0 Å². The predicted molar refractivity (Wildman–Crippen MR) is 124 cm³/mol. The zero-order chi connectivity index (χ0) is 24.1. The first kappa shape index (κ1) is 22.8. The third-order valence-corrected chi connectivity index (χ3v) is 8.31. The van der Waals surface area contributed by atoms with Gasteiger partial charge in [-0.15, -0.1) is 0 Å². The molecule has 1 aromatic rings. The van der Waals surface area contributed by atoms with Gasteiger partial charge in [0.05, 0.1) is 24.2 Å². The van der Waals surface area contributed by atoms with Crippen LogP contribution in [-0.4, -0.2) is 82.8 Å². The van der Waals surface area contributed by atoms with Crippen LogP contribution >= 0.6 is 0 Å². The Morgan fingerprint density at radius 2 is 2.06 bits per heavy atom. The molecule has 3 saturated heterocycles. The standard InChI is InChI=1S/C25H32N6O3/c1-14(15-4-3-5-17(8-15)23(32)28-2)30-19-10-21(25(30)34)29(12-19)13-20(27)24(33)31-18-7-6-16(9-18)22(31)11-26/h3-5,8,14,16,18-22H,6-7,9-10,12-13,27H2,1-2H3,(H,28,32)/t14?,16?,18?,19-,20?,21?,22?/m0/s1. The first-order valence-corrected chi connectivity index (χ1v) is 12.2. The summed E-state index contributed by atoms with van der Waals surface area (Å²) in [6, 6.07) is 8.33. The summed E-state index contributed by atoms with van der Waals surface area (Å²) in [5.41, 5.74) is 7.83. The van der Waals surface area contributed by atoms with Crippen LogP contribution in [0.2, 0.25) is 0 Å². The SMILES string of the molecule is CNC(=O)c1cccc(C(C)N2C(=O)C3C[C@H]2CN3CC(N)C(=O)N2C3CCC(C3)C2C#N)c1. The highest BCUT2D eigenvalue weighted by Gasteiger charge is 2.53. The number of nitriles is 1. The van der Waals surface area contributed by atoms with Gasteiger partial charge in [0.1, 0.15) is 6.04 Å². The van der Waals surface area contributed by atoms with Gasteiger partial charge in [-0.1, -0.05) is 12.1 Å². The molecule has 1 saturated carbocycles. The Bertz CT molecular complexity index is 1050. The number of benzene rings is 1. The molecular formula is C25H32N6O3. The number of piperidine rings is 1. The van der Waals surface area contributed by atoms with Crippen LogP contribution in [0.4, 0.5) is 0 Å². The van der Waals surface area contributed by atoms with Crippen LogP contribution in [0.3, 0.4) is 0 Å². The van der Waals surface area contributed by atoms with E-state index in [2.05, 4.69) is 11.4 Å². The maximum atomic E-state index is 13.3. The van der Waals surface area contributed by atoms with Gasteiger partial charge in [0.2, 0.25) is 11.8 Å². The summed E-state index contributed by atoms with van der Waals surface area (Å²) < 4.78 is 0. The number of piperazine rings is 1. The van der Waals surface area contributed by atoms with Gasteiger partial charge in [0.25, 0.3) is 5.91 Å². The molecule has 34 heavy (non-hydrogen) atoms. The van der Waals surface area contributed by atoms with Crippen LogP contribution in [0, 0.1) is 17.2 Å². The van der Waals surface area contributed by atoms with E-state index in [1.165, 1.54) is 0 Å². The largest absolute Gasteiger partial charge is 0.355 e. The lowest BCUT2D eigenvalue weighted by molar-refractivity contribution is -0.141. The highest BCUT2D eigenvalue weighted by molar-refractivity contribution is 5.94. The molecule has 4 fully saturated rings. The molecule has 9 heteroatoms. The lowest BCUT2D eigenvalue weighted by Crippen LogP contribution is -2.58. The van der Waals surface area contributed by atoms with Gasteiger partial charge >= 0.3 is 0 Å². The van der Waals surface area contributed by atoms with E-state index in [0.29, 0.717) is 25.1 Å². The summed E-state index contributed by atoms with van der Waals surface area (Å²) >= 11 is 0. The zero-order valence-corrected chi connectivity index (χ0v) is 19.7. The maximum absolute atomic E-state index is 13.3. The van der Waals surface area contributed by atoms with Gasteiger partial charge in [-0.25, -0.2) is 0 Å². The summed E-state index contributed by atoms with van der Waals surface area (Å²) in [5, 5.41) is 12.2. The van der Waals surface area contributed by atoms with Gasteiger partial charge in [0, 0.05) is 37.8 Å². The summed E-state index contributed by atoms with van der Waals surface area (Å²) in [6.07, 6.45) is 3.57. The Hall–Kier alpha value is -2.96. The molecule has 180 valence electrons. The van der Waals surface area contributed by atoms with Crippen molar-refractivity contribution in [1.29, 1.82) is 5.26 Å². The second-order valence-corrected chi connectivity index (χ2v) is 10.1. The highest BCUT2D eigenvalue weighted by Crippen LogP contribution is 2.43. The monoisotopic (exact) mass is 464 g/mol. The lowest BCUT2D eigenvalue weighted by atomic mass is 9.99. The third-order valence-electron chi connectivity index (χ3n) is 8.31. The molecule has 4 bridgehead atoms. The van der Waals surface area contributed by atoms with Gasteiger partial charge < -0.3 is 20.9 Å². The fourth-order valence-electron chi connectivity index (χ4n) is 6.64. The first-order chi connectivity index (χ1) is 16.3. The van der Waals surface area contributed by atoms with Crippen LogP contribution in [0.1, 0.15) is 54.6 Å². The average molecular weight is 465 g/mol. The lowest BCUT2D eigenvalue weighted by Gasteiger charge is -2.39. The number of amides is 3. The summed E-state index contributed by atoms with van der Waals surface area (Å²) in [6.45, 7) is 2.99. The average Bonchev–Trinajstić information content (AvgIpc) is 3.62. The maximum Gasteiger partial charge on any atom is 0.251 e. The molecule has 3 heterocycles. The van der Waals surface area contributed by atoms with Crippen LogP contribution in [0.25, 0.3) is 0 Å². The fourth-order valence-corrected chi connectivity index (χ4v) is 6.64. The molecule has 6 unspecified atom stereocenters. The van der Waals surface area contributed by atoms with Crippen molar-refractivity contribution in [3.63, 3.8) is 0 Å². The summed E-state index contributed by atoms with van der Waals surface area (Å²) in [4.78, 5) is 44.1. The quantitative estimate of drug-likeness (QED) is 0.636.